The van der Waals surface area contributed by atoms with Crippen molar-refractivity contribution in [2.24, 2.45) is 0 Å². The molecule has 38 heavy (non-hydrogen) atoms. The molecule has 210 valence electrons. The maximum atomic E-state index is 9.73. The van der Waals surface area contributed by atoms with Crippen LogP contribution in [0, 0.1) is 0 Å². The van der Waals surface area contributed by atoms with Crippen LogP contribution in [0.5, 0.6) is 17.2 Å². The highest BCUT2D eigenvalue weighted by Gasteiger charge is 2.13. The molecular formula is C29H42N2O7. The van der Waals surface area contributed by atoms with E-state index in [4.69, 9.17) is 24.8 Å². The fourth-order valence-corrected chi connectivity index (χ4v) is 3.12. The van der Waals surface area contributed by atoms with Gasteiger partial charge in [0.1, 0.15) is 18.5 Å². The Kier molecular flexibility index (Phi) is 16.4. The first-order valence-electron chi connectivity index (χ1n) is 12.3. The summed E-state index contributed by atoms with van der Waals surface area (Å²) in [5, 5.41) is 51.8. The Balaban J connectivity index is 0.000000286. The third-order valence-electron chi connectivity index (χ3n) is 5.43. The average molecular weight is 531 g/mol. The topological polar surface area (TPSA) is 144 Å². The molecule has 1 unspecified atom stereocenters. The largest absolute Gasteiger partial charge is 0.508 e. The summed E-state index contributed by atoms with van der Waals surface area (Å²) < 4.78 is 10.3. The Labute approximate surface area is 225 Å². The van der Waals surface area contributed by atoms with Crippen LogP contribution < -0.4 is 20.1 Å². The second-order valence-corrected chi connectivity index (χ2v) is 8.40. The Hall–Kier alpha value is -3.18. The fourth-order valence-electron chi connectivity index (χ4n) is 3.12. The van der Waals surface area contributed by atoms with Gasteiger partial charge >= 0.3 is 0 Å². The molecular weight excluding hydrogens is 488 g/mol. The number of aliphatic hydroxyl groups excluding tert-OH is 4. The van der Waals surface area contributed by atoms with Crippen LogP contribution in [0.3, 0.4) is 0 Å². The molecule has 0 bridgehead atoms. The van der Waals surface area contributed by atoms with Crippen LogP contribution in [0.2, 0.25) is 0 Å². The monoisotopic (exact) mass is 530 g/mol. The zero-order valence-corrected chi connectivity index (χ0v) is 22.5. The maximum Gasteiger partial charge on any atom is 0.161 e. The van der Waals surface area contributed by atoms with Crippen molar-refractivity contribution in [1.82, 2.24) is 10.6 Å². The molecule has 0 aliphatic rings. The number of aromatic hydroxyl groups is 1. The van der Waals surface area contributed by atoms with Crippen molar-refractivity contribution in [2.75, 3.05) is 41.0 Å². The van der Waals surface area contributed by atoms with E-state index < -0.39 is 18.3 Å². The van der Waals surface area contributed by atoms with Crippen molar-refractivity contribution in [3.8, 4) is 17.2 Å². The molecule has 0 aliphatic carbocycles. The molecule has 0 radical (unpaired) electrons. The first-order chi connectivity index (χ1) is 18.3. The number of benzene rings is 3. The van der Waals surface area contributed by atoms with Gasteiger partial charge in [0.2, 0.25) is 0 Å². The number of rotatable bonds is 11. The average Bonchev–Trinajstić information content (AvgIpc) is 2.96. The first kappa shape index (κ1) is 32.8. The normalized spacial score (nSPS) is 13.5. The maximum absolute atomic E-state index is 9.73. The minimum atomic E-state index is -0.861. The molecule has 9 heteroatoms. The van der Waals surface area contributed by atoms with E-state index in [2.05, 4.69) is 10.6 Å². The molecule has 0 spiro atoms. The van der Waals surface area contributed by atoms with Crippen LogP contribution in [-0.4, -0.2) is 78.6 Å². The van der Waals surface area contributed by atoms with E-state index in [1.807, 2.05) is 56.4 Å². The number of aliphatic hydroxyl groups is 4. The minimum Gasteiger partial charge on any atom is -0.508 e. The van der Waals surface area contributed by atoms with Gasteiger partial charge in [-0.15, -0.1) is 0 Å². The second kappa shape index (κ2) is 19.0. The van der Waals surface area contributed by atoms with Gasteiger partial charge in [-0.05, 0) is 56.4 Å². The predicted octanol–water partition coefficient (Wildman–Crippen LogP) is 2.40. The van der Waals surface area contributed by atoms with Crippen molar-refractivity contribution in [1.29, 1.82) is 0 Å². The minimum absolute atomic E-state index is 0.0525. The van der Waals surface area contributed by atoms with E-state index in [-0.39, 0.29) is 25.0 Å². The molecule has 0 fully saturated rings. The zero-order valence-electron chi connectivity index (χ0n) is 22.5. The number of methoxy groups -OCH3 is 1. The van der Waals surface area contributed by atoms with Crippen molar-refractivity contribution >= 4 is 0 Å². The molecule has 3 aromatic rings. The highest BCUT2D eigenvalue weighted by molar-refractivity contribution is 5.39. The number of nitrogens with one attached hydrogen (secondary N) is 2. The third kappa shape index (κ3) is 12.4. The Bertz CT molecular complexity index is 1010. The summed E-state index contributed by atoms with van der Waals surface area (Å²) in [7, 11) is 5.16. The lowest BCUT2D eigenvalue weighted by atomic mass is 10.0. The first-order valence-corrected chi connectivity index (χ1v) is 12.3. The molecule has 3 aromatic carbocycles. The van der Waals surface area contributed by atoms with Crippen LogP contribution in [-0.2, 0) is 0 Å². The van der Waals surface area contributed by atoms with E-state index in [1.165, 1.54) is 0 Å². The molecule has 0 aliphatic heterocycles. The van der Waals surface area contributed by atoms with E-state index in [0.29, 0.717) is 18.0 Å². The molecule has 0 amide bonds. The predicted molar refractivity (Wildman–Crippen MR) is 148 cm³/mol. The van der Waals surface area contributed by atoms with Crippen LogP contribution in [0.1, 0.15) is 30.3 Å². The number of para-hydroxylation sites is 2. The number of phenols is 1. The lowest BCUT2D eigenvalue weighted by Crippen LogP contribution is -2.28. The second-order valence-electron chi connectivity index (χ2n) is 8.40. The summed E-state index contributed by atoms with van der Waals surface area (Å²) in [6, 6.07) is 23.5. The smallest absolute Gasteiger partial charge is 0.161 e. The van der Waals surface area contributed by atoms with Crippen molar-refractivity contribution in [3.05, 3.63) is 90.0 Å². The van der Waals surface area contributed by atoms with Crippen molar-refractivity contribution in [3.63, 3.8) is 0 Å². The molecule has 7 N–H and O–H groups in total. The molecule has 0 aromatic heterocycles. The highest BCUT2D eigenvalue weighted by Crippen LogP contribution is 2.25. The number of likely N-dealkylation sites (N-methyl/N-ethyl adjacent to an activating group) is 2. The van der Waals surface area contributed by atoms with Gasteiger partial charge in [-0.3, -0.25) is 0 Å². The molecule has 0 heterocycles. The summed E-state index contributed by atoms with van der Waals surface area (Å²) in [5.74, 6) is 1.35. The van der Waals surface area contributed by atoms with Gasteiger partial charge in [0.05, 0.1) is 25.9 Å². The lowest BCUT2D eigenvalue weighted by Gasteiger charge is -2.17. The Morgan fingerprint density at radius 2 is 1.42 bits per heavy atom. The van der Waals surface area contributed by atoms with E-state index >= 15 is 0 Å². The van der Waals surface area contributed by atoms with E-state index in [9.17, 15) is 10.2 Å². The number of ether oxygens (including phenoxy) is 2. The van der Waals surface area contributed by atoms with Crippen molar-refractivity contribution < 1.29 is 35.0 Å². The summed E-state index contributed by atoms with van der Waals surface area (Å²) >= 11 is 0. The Morgan fingerprint density at radius 1 is 0.816 bits per heavy atom. The van der Waals surface area contributed by atoms with Gasteiger partial charge in [-0.2, -0.15) is 0 Å². The van der Waals surface area contributed by atoms with Crippen LogP contribution in [0.25, 0.3) is 0 Å². The van der Waals surface area contributed by atoms with E-state index in [0.717, 1.165) is 11.1 Å². The van der Waals surface area contributed by atoms with Gasteiger partial charge < -0.3 is 45.6 Å². The highest BCUT2D eigenvalue weighted by atomic mass is 16.5. The molecule has 3 rings (SSSR count). The van der Waals surface area contributed by atoms with Gasteiger partial charge in [0.15, 0.2) is 11.5 Å². The molecule has 4 atom stereocenters. The Morgan fingerprint density at radius 3 is 1.97 bits per heavy atom. The van der Waals surface area contributed by atoms with Crippen LogP contribution in [0.4, 0.5) is 0 Å². The summed E-state index contributed by atoms with van der Waals surface area (Å²) in [6.45, 7) is 2.19. The number of hydrogen-bond donors (Lipinski definition) is 7. The standard InChI is InChI=1S/C10H15NO.C10H14O4.C9H13NO2/c1-8(11-2)10(12)9-6-4-3-5-7-9;1-13-9-4-2-3-5-10(9)14-7-8(12)6-11;1-10-6-9(12)7-3-2-4-8(11)5-7/h3-8,10-12H,1-2H3;2-5,8,11-12H,6-7H2,1H3;2-5,9-12H,6H2,1H3/t8-,10+;;9-/m0.0/s1. The lowest BCUT2D eigenvalue weighted by molar-refractivity contribution is 0.0527. The quantitative estimate of drug-likeness (QED) is 0.199. The van der Waals surface area contributed by atoms with Gasteiger partial charge in [-0.25, -0.2) is 0 Å². The fraction of sp³-hybridized carbons (Fsp3) is 0.379. The molecule has 0 saturated carbocycles. The molecule has 0 saturated heterocycles. The van der Waals surface area contributed by atoms with Crippen LogP contribution in [0.15, 0.2) is 78.9 Å². The summed E-state index contributed by atoms with van der Waals surface area (Å²) in [4.78, 5) is 0. The van der Waals surface area contributed by atoms with Gasteiger partial charge in [0.25, 0.3) is 0 Å². The van der Waals surface area contributed by atoms with Crippen molar-refractivity contribution in [2.45, 2.75) is 31.3 Å². The van der Waals surface area contributed by atoms with Gasteiger partial charge in [0, 0.05) is 12.6 Å². The number of hydrogen-bond acceptors (Lipinski definition) is 9. The SMILES string of the molecule is CNC[C@H](O)c1cccc(O)c1.CN[C@@H](C)[C@@H](O)c1ccccc1.COc1ccccc1OCC(O)CO. The zero-order chi connectivity index (χ0) is 28.3. The van der Waals surface area contributed by atoms with Crippen LogP contribution >= 0.6 is 0 Å². The molecule has 9 nitrogen and oxygen atoms in total. The third-order valence-corrected chi connectivity index (χ3v) is 5.43. The van der Waals surface area contributed by atoms with E-state index in [1.54, 1.807) is 50.6 Å². The summed E-state index contributed by atoms with van der Waals surface area (Å²) in [6.07, 6.45) is -1.83. The number of phenolic OH excluding ortho intramolecular Hbond substituents is 1. The van der Waals surface area contributed by atoms with Gasteiger partial charge in [-0.1, -0.05) is 54.6 Å². The summed E-state index contributed by atoms with van der Waals surface area (Å²) in [5.41, 5.74) is 1.68.